The van der Waals surface area contributed by atoms with Gasteiger partial charge >= 0.3 is 0 Å². The Morgan fingerprint density at radius 1 is 1.60 bits per heavy atom. The van der Waals surface area contributed by atoms with Crippen LogP contribution in [0.25, 0.3) is 0 Å². The molecule has 0 amide bonds. The Morgan fingerprint density at radius 3 is 1.80 bits per heavy atom. The van der Waals surface area contributed by atoms with Crippen LogP contribution in [0.2, 0.25) is 0 Å². The van der Waals surface area contributed by atoms with Crippen LogP contribution in [-0.2, 0) is 20.4 Å². The monoisotopic (exact) mass is 166 g/mol. The van der Waals surface area contributed by atoms with Crippen molar-refractivity contribution in [2.24, 2.45) is 0 Å². The predicted octanol–water partition coefficient (Wildman–Crippen LogP) is 0.386. The second kappa shape index (κ2) is 8.82. The van der Waals surface area contributed by atoms with Gasteiger partial charge in [0.15, 0.2) is 0 Å². The molecule has 2 heteroatoms. The third-order valence-electron chi connectivity index (χ3n) is 0.224. The Bertz CT molecular complexity index is 8.85. The van der Waals surface area contributed by atoms with E-state index < -0.39 is 0 Å². The largest absolute Gasteiger partial charge is 0.396 e. The van der Waals surface area contributed by atoms with Gasteiger partial charge in [-0.2, -0.15) is 0 Å². The molecule has 36 valence electrons. The van der Waals surface area contributed by atoms with Gasteiger partial charge in [-0.25, -0.2) is 0 Å². The molecule has 0 heterocycles. The van der Waals surface area contributed by atoms with Gasteiger partial charge in [0.25, 0.3) is 0 Å². The van der Waals surface area contributed by atoms with Crippen molar-refractivity contribution in [3.8, 4) is 0 Å². The van der Waals surface area contributed by atoms with Gasteiger partial charge in [-0.1, -0.05) is 6.92 Å². The SMILES string of the molecule is CCCO.[Pd]. The molecule has 0 aliphatic rings. The van der Waals surface area contributed by atoms with E-state index in [-0.39, 0.29) is 20.4 Å². The minimum absolute atomic E-state index is 0. The molecule has 0 aromatic carbocycles. The summed E-state index contributed by atoms with van der Waals surface area (Å²) < 4.78 is 0. The van der Waals surface area contributed by atoms with Crippen molar-refractivity contribution in [2.45, 2.75) is 13.3 Å². The molecule has 0 saturated carbocycles. The van der Waals surface area contributed by atoms with E-state index in [1.54, 1.807) is 0 Å². The summed E-state index contributed by atoms with van der Waals surface area (Å²) in [5.41, 5.74) is 0. The van der Waals surface area contributed by atoms with Gasteiger partial charge in [0, 0.05) is 27.0 Å². The summed E-state index contributed by atoms with van der Waals surface area (Å²) in [5, 5.41) is 7.88. The standard InChI is InChI=1S/C3H8O.Pd/c1-2-3-4;/h4H,2-3H2,1H3;. The van der Waals surface area contributed by atoms with Crippen molar-refractivity contribution in [2.75, 3.05) is 6.61 Å². The number of aliphatic hydroxyl groups excluding tert-OH is 1. The molecular formula is C3H8OPd. The topological polar surface area (TPSA) is 20.2 Å². The van der Waals surface area contributed by atoms with Crippen LogP contribution in [-0.4, -0.2) is 11.7 Å². The molecule has 0 aromatic rings. The summed E-state index contributed by atoms with van der Waals surface area (Å²) >= 11 is 0. The quantitative estimate of drug-likeness (QED) is 0.559. The average molecular weight is 167 g/mol. The van der Waals surface area contributed by atoms with Crippen LogP contribution in [0.1, 0.15) is 13.3 Å². The smallest absolute Gasteiger partial charge is 0.0428 e. The molecule has 1 N–H and O–H groups in total. The first-order chi connectivity index (χ1) is 1.91. The van der Waals surface area contributed by atoms with Crippen molar-refractivity contribution in [3.05, 3.63) is 0 Å². The van der Waals surface area contributed by atoms with E-state index in [4.69, 9.17) is 5.11 Å². The molecule has 0 aliphatic heterocycles. The first-order valence-corrected chi connectivity index (χ1v) is 1.52. The van der Waals surface area contributed by atoms with Crippen molar-refractivity contribution in [1.29, 1.82) is 0 Å². The fourth-order valence-electron chi connectivity index (χ4n) is 0. The zero-order valence-electron chi connectivity index (χ0n) is 3.18. The molecule has 0 unspecified atom stereocenters. The maximum atomic E-state index is 7.88. The fourth-order valence-corrected chi connectivity index (χ4v) is 0. The summed E-state index contributed by atoms with van der Waals surface area (Å²) in [7, 11) is 0. The molecule has 0 aliphatic carbocycles. The molecular weight excluding hydrogens is 158 g/mol. The van der Waals surface area contributed by atoms with Gasteiger partial charge in [0.05, 0.1) is 0 Å². The molecule has 1 nitrogen and oxygen atoms in total. The third-order valence-corrected chi connectivity index (χ3v) is 0.224. The van der Waals surface area contributed by atoms with Crippen molar-refractivity contribution in [3.63, 3.8) is 0 Å². The Hall–Kier alpha value is 0.622. The first kappa shape index (κ1) is 9.16. The molecule has 0 atom stereocenters. The normalized spacial score (nSPS) is 6.00. The van der Waals surface area contributed by atoms with Crippen molar-refractivity contribution in [1.82, 2.24) is 0 Å². The van der Waals surface area contributed by atoms with Gasteiger partial charge in [-0.05, 0) is 6.42 Å². The van der Waals surface area contributed by atoms with Crippen LogP contribution in [0.15, 0.2) is 0 Å². The summed E-state index contributed by atoms with van der Waals surface area (Å²) in [6.45, 7) is 2.25. The first-order valence-electron chi connectivity index (χ1n) is 1.52. The number of rotatable bonds is 1. The van der Waals surface area contributed by atoms with E-state index in [1.807, 2.05) is 6.92 Å². The van der Waals surface area contributed by atoms with Gasteiger partial charge in [-0.3, -0.25) is 0 Å². The molecule has 0 radical (unpaired) electrons. The van der Waals surface area contributed by atoms with Gasteiger partial charge < -0.3 is 5.11 Å². The van der Waals surface area contributed by atoms with E-state index in [9.17, 15) is 0 Å². The minimum atomic E-state index is 0. The number of aliphatic hydroxyl groups is 1. The Labute approximate surface area is 46.0 Å². The van der Waals surface area contributed by atoms with E-state index >= 15 is 0 Å². The van der Waals surface area contributed by atoms with Gasteiger partial charge in [-0.15, -0.1) is 0 Å². The zero-order chi connectivity index (χ0) is 3.41. The Morgan fingerprint density at radius 2 is 1.80 bits per heavy atom. The summed E-state index contributed by atoms with van der Waals surface area (Å²) in [5.74, 6) is 0. The molecule has 5 heavy (non-hydrogen) atoms. The van der Waals surface area contributed by atoms with Crippen LogP contribution in [0.4, 0.5) is 0 Å². The molecule has 0 spiro atoms. The van der Waals surface area contributed by atoms with Crippen LogP contribution < -0.4 is 0 Å². The van der Waals surface area contributed by atoms with Crippen LogP contribution in [0.5, 0.6) is 0 Å². The average Bonchev–Trinajstić information content (AvgIpc) is 1.37. The second-order valence-electron chi connectivity index (χ2n) is 0.724. The fraction of sp³-hybridized carbons (Fsp3) is 1.00. The third kappa shape index (κ3) is 12.1. The second-order valence-corrected chi connectivity index (χ2v) is 0.724. The summed E-state index contributed by atoms with van der Waals surface area (Å²) in [4.78, 5) is 0. The summed E-state index contributed by atoms with van der Waals surface area (Å²) in [6.07, 6.45) is 0.875. The molecule has 0 aromatic heterocycles. The maximum Gasteiger partial charge on any atom is 0.0428 e. The zero-order valence-corrected chi connectivity index (χ0v) is 4.73. The molecule has 0 saturated heterocycles. The summed E-state index contributed by atoms with van der Waals surface area (Å²) in [6, 6.07) is 0. The molecule has 0 rings (SSSR count). The molecule has 0 fully saturated rings. The van der Waals surface area contributed by atoms with E-state index in [1.165, 1.54) is 0 Å². The maximum absolute atomic E-state index is 7.88. The Kier molecular flexibility index (Phi) is 16.1. The predicted molar refractivity (Wildman–Crippen MR) is 17.4 cm³/mol. The van der Waals surface area contributed by atoms with Crippen molar-refractivity contribution < 1.29 is 25.5 Å². The van der Waals surface area contributed by atoms with Gasteiger partial charge in [0.1, 0.15) is 0 Å². The van der Waals surface area contributed by atoms with E-state index in [0.29, 0.717) is 6.61 Å². The van der Waals surface area contributed by atoms with E-state index in [0.717, 1.165) is 6.42 Å². The molecule has 0 bridgehead atoms. The van der Waals surface area contributed by atoms with E-state index in [2.05, 4.69) is 0 Å². The number of hydrogen-bond donors (Lipinski definition) is 1. The van der Waals surface area contributed by atoms with Crippen LogP contribution in [0.3, 0.4) is 0 Å². The number of hydrogen-bond acceptors (Lipinski definition) is 1. The van der Waals surface area contributed by atoms with Gasteiger partial charge in [0.2, 0.25) is 0 Å². The van der Waals surface area contributed by atoms with Crippen LogP contribution in [0, 0.1) is 0 Å². The van der Waals surface area contributed by atoms with Crippen molar-refractivity contribution >= 4 is 0 Å². The van der Waals surface area contributed by atoms with Crippen LogP contribution >= 0.6 is 0 Å². The minimum Gasteiger partial charge on any atom is -0.396 e. The Balaban J connectivity index is 0.